The van der Waals surface area contributed by atoms with Crippen LogP contribution in [0.4, 0.5) is 0 Å². The van der Waals surface area contributed by atoms with Crippen molar-refractivity contribution in [2.75, 3.05) is 32.8 Å². The number of rotatable bonds is 7. The lowest BCUT2D eigenvalue weighted by Crippen LogP contribution is -2.40. The van der Waals surface area contributed by atoms with Gasteiger partial charge in [-0.1, -0.05) is 35.0 Å². The smallest absolute Gasteiger partial charge is 0.234 e. The molecule has 0 saturated carbocycles. The monoisotopic (exact) mass is 368 g/mol. The Labute approximate surface area is 141 Å². The molecule has 122 valence electrons. The molecular weight excluding hydrogens is 344 g/mol. The number of amides is 1. The summed E-state index contributed by atoms with van der Waals surface area (Å²) < 4.78 is 6.46. The van der Waals surface area contributed by atoms with E-state index in [1.807, 2.05) is 31.2 Å². The van der Waals surface area contributed by atoms with Gasteiger partial charge in [-0.15, -0.1) is 0 Å². The van der Waals surface area contributed by atoms with E-state index in [2.05, 4.69) is 33.1 Å². The summed E-state index contributed by atoms with van der Waals surface area (Å²) in [5.74, 6) is 0.646. The first kappa shape index (κ1) is 17.4. The molecule has 4 nitrogen and oxygen atoms in total. The van der Waals surface area contributed by atoms with Crippen molar-refractivity contribution >= 4 is 21.8 Å². The topological polar surface area (TPSA) is 41.6 Å². The van der Waals surface area contributed by atoms with Gasteiger partial charge in [-0.3, -0.25) is 9.69 Å². The van der Waals surface area contributed by atoms with Crippen LogP contribution in [0.15, 0.2) is 28.7 Å². The zero-order valence-electron chi connectivity index (χ0n) is 13.3. The SMILES string of the molecule is CCN(CC(=O)NC(C)c1ccc(Br)cc1)CC1CCOC1. The van der Waals surface area contributed by atoms with Crippen LogP contribution in [0.2, 0.25) is 0 Å². The van der Waals surface area contributed by atoms with Gasteiger partial charge >= 0.3 is 0 Å². The first-order valence-corrected chi connectivity index (χ1v) is 8.72. The molecule has 1 aliphatic heterocycles. The summed E-state index contributed by atoms with van der Waals surface area (Å²) in [6, 6.07) is 8.08. The molecule has 1 aromatic carbocycles. The van der Waals surface area contributed by atoms with Crippen LogP contribution in [0.3, 0.4) is 0 Å². The molecule has 0 spiro atoms. The Hall–Kier alpha value is -0.910. The van der Waals surface area contributed by atoms with Crippen molar-refractivity contribution in [2.24, 2.45) is 5.92 Å². The number of carbonyl (C=O) groups excluding carboxylic acids is 1. The number of hydrogen-bond donors (Lipinski definition) is 1. The van der Waals surface area contributed by atoms with E-state index >= 15 is 0 Å². The van der Waals surface area contributed by atoms with Gasteiger partial charge in [0.15, 0.2) is 0 Å². The third-order valence-electron chi connectivity index (χ3n) is 4.10. The van der Waals surface area contributed by atoms with Gasteiger partial charge in [-0.2, -0.15) is 0 Å². The first-order valence-electron chi connectivity index (χ1n) is 7.93. The molecule has 2 rings (SSSR count). The van der Waals surface area contributed by atoms with Crippen LogP contribution >= 0.6 is 15.9 Å². The largest absolute Gasteiger partial charge is 0.381 e. The van der Waals surface area contributed by atoms with E-state index in [4.69, 9.17) is 4.74 Å². The molecule has 5 heteroatoms. The molecule has 1 fully saturated rings. The fourth-order valence-electron chi connectivity index (χ4n) is 2.72. The number of halogens is 1. The van der Waals surface area contributed by atoms with Crippen molar-refractivity contribution in [3.05, 3.63) is 34.3 Å². The quantitative estimate of drug-likeness (QED) is 0.804. The summed E-state index contributed by atoms with van der Waals surface area (Å²) in [6.07, 6.45) is 1.10. The molecule has 1 saturated heterocycles. The molecule has 0 aliphatic carbocycles. The number of nitrogens with one attached hydrogen (secondary N) is 1. The number of likely N-dealkylation sites (N-methyl/N-ethyl adjacent to an activating group) is 1. The summed E-state index contributed by atoms with van der Waals surface area (Å²) in [5.41, 5.74) is 1.11. The molecule has 0 bridgehead atoms. The van der Waals surface area contributed by atoms with Crippen molar-refractivity contribution in [1.29, 1.82) is 0 Å². The van der Waals surface area contributed by atoms with Crippen LogP contribution in [0.1, 0.15) is 31.9 Å². The van der Waals surface area contributed by atoms with Crippen molar-refractivity contribution in [3.63, 3.8) is 0 Å². The van der Waals surface area contributed by atoms with E-state index in [-0.39, 0.29) is 11.9 Å². The van der Waals surface area contributed by atoms with Gasteiger partial charge in [-0.05, 0) is 43.5 Å². The molecule has 1 N–H and O–H groups in total. The summed E-state index contributed by atoms with van der Waals surface area (Å²) in [7, 11) is 0. The highest BCUT2D eigenvalue weighted by Gasteiger charge is 2.20. The standard InChI is InChI=1S/C17H25BrN2O2/c1-3-20(10-14-8-9-22-12-14)11-17(21)19-13(2)15-4-6-16(18)7-5-15/h4-7,13-14H,3,8-12H2,1-2H3,(H,19,21). The number of carbonyl (C=O) groups is 1. The first-order chi connectivity index (χ1) is 10.6. The minimum atomic E-state index is 0.0223. The van der Waals surface area contributed by atoms with E-state index in [0.717, 1.165) is 42.8 Å². The summed E-state index contributed by atoms with van der Waals surface area (Å²) in [4.78, 5) is 14.4. The van der Waals surface area contributed by atoms with Crippen LogP contribution in [0, 0.1) is 5.92 Å². The lowest BCUT2D eigenvalue weighted by atomic mass is 10.1. The van der Waals surface area contributed by atoms with Gasteiger partial charge in [-0.25, -0.2) is 0 Å². The van der Waals surface area contributed by atoms with Crippen molar-refractivity contribution in [1.82, 2.24) is 10.2 Å². The summed E-state index contributed by atoms with van der Waals surface area (Å²) in [5, 5.41) is 3.08. The molecule has 1 amide bonds. The Kier molecular flexibility index (Phi) is 6.86. The minimum Gasteiger partial charge on any atom is -0.381 e. The fraction of sp³-hybridized carbons (Fsp3) is 0.588. The highest BCUT2D eigenvalue weighted by molar-refractivity contribution is 9.10. The Balaban J connectivity index is 1.81. The lowest BCUT2D eigenvalue weighted by molar-refractivity contribution is -0.123. The average molecular weight is 369 g/mol. The second kappa shape index (κ2) is 8.65. The van der Waals surface area contributed by atoms with Crippen LogP contribution in [-0.2, 0) is 9.53 Å². The van der Waals surface area contributed by atoms with E-state index in [0.29, 0.717) is 12.5 Å². The van der Waals surface area contributed by atoms with Gasteiger partial charge in [0.2, 0.25) is 5.91 Å². The predicted octanol–water partition coefficient (Wildman–Crippen LogP) is 2.98. The average Bonchev–Trinajstić information content (AvgIpc) is 3.00. The maximum Gasteiger partial charge on any atom is 0.234 e. The van der Waals surface area contributed by atoms with Crippen LogP contribution in [-0.4, -0.2) is 43.7 Å². The molecule has 2 unspecified atom stereocenters. The maximum atomic E-state index is 12.2. The molecule has 1 heterocycles. The zero-order chi connectivity index (χ0) is 15.9. The lowest BCUT2D eigenvalue weighted by Gasteiger charge is -2.24. The fourth-order valence-corrected chi connectivity index (χ4v) is 2.99. The number of nitrogens with zero attached hydrogens (tertiary/aromatic N) is 1. The van der Waals surface area contributed by atoms with Gasteiger partial charge in [0, 0.05) is 17.6 Å². The van der Waals surface area contributed by atoms with E-state index in [9.17, 15) is 4.79 Å². The molecule has 0 radical (unpaired) electrons. The molecule has 1 aliphatic rings. The second-order valence-electron chi connectivity index (χ2n) is 5.90. The van der Waals surface area contributed by atoms with Crippen LogP contribution in [0.25, 0.3) is 0 Å². The van der Waals surface area contributed by atoms with Gasteiger partial charge in [0.25, 0.3) is 0 Å². The van der Waals surface area contributed by atoms with Crippen molar-refractivity contribution < 1.29 is 9.53 Å². The van der Waals surface area contributed by atoms with E-state index in [1.165, 1.54) is 0 Å². The Morgan fingerprint density at radius 3 is 2.77 bits per heavy atom. The molecular formula is C17H25BrN2O2. The Bertz CT molecular complexity index is 472. The van der Waals surface area contributed by atoms with Gasteiger partial charge < -0.3 is 10.1 Å². The van der Waals surface area contributed by atoms with E-state index in [1.54, 1.807) is 0 Å². The van der Waals surface area contributed by atoms with Crippen LogP contribution < -0.4 is 5.32 Å². The Morgan fingerprint density at radius 1 is 1.45 bits per heavy atom. The third kappa shape index (κ3) is 5.38. The molecule has 2 atom stereocenters. The minimum absolute atomic E-state index is 0.0223. The Morgan fingerprint density at radius 2 is 2.18 bits per heavy atom. The van der Waals surface area contributed by atoms with Crippen molar-refractivity contribution in [2.45, 2.75) is 26.3 Å². The molecule has 0 aromatic heterocycles. The number of hydrogen-bond acceptors (Lipinski definition) is 3. The van der Waals surface area contributed by atoms with Crippen molar-refractivity contribution in [3.8, 4) is 0 Å². The normalized spacial score (nSPS) is 19.4. The highest BCUT2D eigenvalue weighted by atomic mass is 79.9. The maximum absolute atomic E-state index is 12.2. The zero-order valence-corrected chi connectivity index (χ0v) is 14.9. The molecule has 1 aromatic rings. The van der Waals surface area contributed by atoms with Crippen LogP contribution in [0.5, 0.6) is 0 Å². The van der Waals surface area contributed by atoms with E-state index < -0.39 is 0 Å². The van der Waals surface area contributed by atoms with Gasteiger partial charge in [0.1, 0.15) is 0 Å². The highest BCUT2D eigenvalue weighted by Crippen LogP contribution is 2.17. The number of ether oxygens (including phenoxy) is 1. The predicted molar refractivity (Wildman–Crippen MR) is 91.7 cm³/mol. The summed E-state index contributed by atoms with van der Waals surface area (Å²) in [6.45, 7) is 8.08. The third-order valence-corrected chi connectivity index (χ3v) is 4.63. The molecule has 22 heavy (non-hydrogen) atoms. The summed E-state index contributed by atoms with van der Waals surface area (Å²) >= 11 is 3.42. The van der Waals surface area contributed by atoms with Gasteiger partial charge in [0.05, 0.1) is 19.2 Å². The second-order valence-corrected chi connectivity index (χ2v) is 6.81. The number of benzene rings is 1.